The Morgan fingerprint density at radius 1 is 1.25 bits per heavy atom. The Labute approximate surface area is 123 Å². The van der Waals surface area contributed by atoms with Gasteiger partial charge in [-0.25, -0.2) is 0 Å². The SMILES string of the molecule is CCC1C(OC(C)=O)CC2CCCC3CCCC1(C)N32. The van der Waals surface area contributed by atoms with Crippen LogP contribution in [0.4, 0.5) is 0 Å². The topological polar surface area (TPSA) is 29.5 Å². The van der Waals surface area contributed by atoms with E-state index < -0.39 is 0 Å². The van der Waals surface area contributed by atoms with Gasteiger partial charge in [-0.05, 0) is 39.0 Å². The molecule has 0 aromatic heterocycles. The molecule has 0 spiro atoms. The van der Waals surface area contributed by atoms with Crippen LogP contribution in [-0.4, -0.2) is 34.6 Å². The molecule has 0 N–H and O–H groups in total. The Bertz CT molecular complexity index is 381. The zero-order valence-electron chi connectivity index (χ0n) is 13.2. The molecule has 0 aromatic rings. The third kappa shape index (κ3) is 2.18. The second-order valence-electron chi connectivity index (χ2n) is 7.29. The molecule has 0 bridgehead atoms. The molecule has 0 aliphatic carbocycles. The average Bonchev–Trinajstić information content (AvgIpc) is 2.38. The molecule has 20 heavy (non-hydrogen) atoms. The minimum absolute atomic E-state index is 0.103. The number of esters is 1. The summed E-state index contributed by atoms with van der Waals surface area (Å²) < 4.78 is 5.73. The normalized spacial score (nSPS) is 44.8. The van der Waals surface area contributed by atoms with Crippen molar-refractivity contribution in [3.05, 3.63) is 0 Å². The first-order chi connectivity index (χ1) is 9.56. The van der Waals surface area contributed by atoms with Crippen LogP contribution < -0.4 is 0 Å². The lowest BCUT2D eigenvalue weighted by Gasteiger charge is -2.63. The Morgan fingerprint density at radius 2 is 1.95 bits per heavy atom. The van der Waals surface area contributed by atoms with Crippen molar-refractivity contribution in [2.24, 2.45) is 5.92 Å². The maximum atomic E-state index is 11.5. The molecular weight excluding hydrogens is 250 g/mol. The van der Waals surface area contributed by atoms with Gasteiger partial charge in [-0.1, -0.05) is 19.8 Å². The number of carbonyl (C=O) groups is 1. The molecule has 3 rings (SSSR count). The van der Waals surface area contributed by atoms with Gasteiger partial charge in [0, 0.05) is 36.9 Å². The summed E-state index contributed by atoms with van der Waals surface area (Å²) in [6.07, 6.45) is 10.3. The number of hydrogen-bond donors (Lipinski definition) is 0. The Hall–Kier alpha value is -0.570. The van der Waals surface area contributed by atoms with Crippen LogP contribution in [-0.2, 0) is 9.53 Å². The van der Waals surface area contributed by atoms with Gasteiger partial charge in [-0.15, -0.1) is 0 Å². The maximum absolute atomic E-state index is 11.5. The highest BCUT2D eigenvalue weighted by Gasteiger charge is 2.55. The van der Waals surface area contributed by atoms with Gasteiger partial charge < -0.3 is 4.74 Å². The van der Waals surface area contributed by atoms with Crippen LogP contribution in [0.1, 0.15) is 72.1 Å². The number of nitrogens with zero attached hydrogens (tertiary/aromatic N) is 1. The second-order valence-corrected chi connectivity index (χ2v) is 7.29. The summed E-state index contributed by atoms with van der Waals surface area (Å²) >= 11 is 0. The van der Waals surface area contributed by atoms with Gasteiger partial charge >= 0.3 is 5.97 Å². The number of piperidine rings is 3. The smallest absolute Gasteiger partial charge is 0.302 e. The van der Waals surface area contributed by atoms with Crippen molar-refractivity contribution in [1.29, 1.82) is 0 Å². The third-order valence-electron chi connectivity index (χ3n) is 6.18. The summed E-state index contributed by atoms with van der Waals surface area (Å²) in [7, 11) is 0. The first kappa shape index (κ1) is 14.4. The lowest BCUT2D eigenvalue weighted by Crippen LogP contribution is -2.69. The van der Waals surface area contributed by atoms with Crippen molar-refractivity contribution < 1.29 is 9.53 Å². The maximum Gasteiger partial charge on any atom is 0.302 e. The minimum atomic E-state index is -0.103. The van der Waals surface area contributed by atoms with Crippen molar-refractivity contribution in [1.82, 2.24) is 4.90 Å². The third-order valence-corrected chi connectivity index (χ3v) is 6.18. The van der Waals surface area contributed by atoms with Gasteiger partial charge in [0.25, 0.3) is 0 Å². The Morgan fingerprint density at radius 3 is 2.65 bits per heavy atom. The highest BCUT2D eigenvalue weighted by molar-refractivity contribution is 5.66. The molecule has 3 aliphatic heterocycles. The van der Waals surface area contributed by atoms with E-state index in [0.29, 0.717) is 12.0 Å². The van der Waals surface area contributed by atoms with Crippen LogP contribution in [0.25, 0.3) is 0 Å². The molecule has 3 nitrogen and oxygen atoms in total. The summed E-state index contributed by atoms with van der Waals surface area (Å²) in [6.45, 7) is 6.27. The quantitative estimate of drug-likeness (QED) is 0.724. The molecule has 3 fully saturated rings. The average molecular weight is 279 g/mol. The van der Waals surface area contributed by atoms with Gasteiger partial charge in [0.15, 0.2) is 0 Å². The van der Waals surface area contributed by atoms with E-state index in [9.17, 15) is 4.79 Å². The predicted octanol–water partition coefficient (Wildman–Crippen LogP) is 3.51. The lowest BCUT2D eigenvalue weighted by atomic mass is 9.64. The lowest BCUT2D eigenvalue weighted by molar-refractivity contribution is -0.181. The summed E-state index contributed by atoms with van der Waals surface area (Å²) in [5.41, 5.74) is 0.251. The molecule has 0 aromatic carbocycles. The molecular formula is C17H29NO2. The van der Waals surface area contributed by atoms with E-state index in [1.54, 1.807) is 6.92 Å². The molecule has 0 amide bonds. The molecule has 3 heteroatoms. The first-order valence-corrected chi connectivity index (χ1v) is 8.52. The summed E-state index contributed by atoms with van der Waals surface area (Å²) in [6, 6.07) is 1.44. The van der Waals surface area contributed by atoms with E-state index in [2.05, 4.69) is 18.7 Å². The predicted molar refractivity (Wildman–Crippen MR) is 79.5 cm³/mol. The van der Waals surface area contributed by atoms with Crippen molar-refractivity contribution in [2.45, 2.75) is 95.9 Å². The van der Waals surface area contributed by atoms with Crippen molar-refractivity contribution in [2.75, 3.05) is 0 Å². The van der Waals surface area contributed by atoms with E-state index in [0.717, 1.165) is 18.9 Å². The fourth-order valence-electron chi connectivity index (χ4n) is 5.59. The minimum Gasteiger partial charge on any atom is -0.462 e. The molecule has 3 aliphatic rings. The van der Waals surface area contributed by atoms with E-state index in [4.69, 9.17) is 4.74 Å². The highest BCUT2D eigenvalue weighted by Crippen LogP contribution is 2.50. The standard InChI is InChI=1S/C17H29NO2/c1-4-15-16(20-12(2)19)11-14-8-5-7-13-9-6-10-17(15,3)18(13)14/h13-16H,4-11H2,1-3H3. The molecule has 5 unspecified atom stereocenters. The fraction of sp³-hybridized carbons (Fsp3) is 0.941. The highest BCUT2D eigenvalue weighted by atomic mass is 16.5. The van der Waals surface area contributed by atoms with E-state index in [1.807, 2.05) is 0 Å². The van der Waals surface area contributed by atoms with E-state index >= 15 is 0 Å². The monoisotopic (exact) mass is 279 g/mol. The molecule has 0 saturated carbocycles. The van der Waals surface area contributed by atoms with Crippen LogP contribution in [0.2, 0.25) is 0 Å². The summed E-state index contributed by atoms with van der Waals surface area (Å²) in [4.78, 5) is 14.3. The van der Waals surface area contributed by atoms with E-state index in [1.165, 1.54) is 38.5 Å². The zero-order valence-corrected chi connectivity index (χ0v) is 13.2. The van der Waals surface area contributed by atoms with Gasteiger partial charge in [0.2, 0.25) is 0 Å². The molecule has 3 heterocycles. The Kier molecular flexibility index (Phi) is 3.83. The first-order valence-electron chi connectivity index (χ1n) is 8.52. The molecule has 114 valence electrons. The number of carbonyl (C=O) groups excluding carboxylic acids is 1. The van der Waals surface area contributed by atoms with Crippen molar-refractivity contribution >= 4 is 5.97 Å². The van der Waals surface area contributed by atoms with Crippen molar-refractivity contribution in [3.63, 3.8) is 0 Å². The largest absolute Gasteiger partial charge is 0.462 e. The van der Waals surface area contributed by atoms with Gasteiger partial charge in [0.1, 0.15) is 6.10 Å². The zero-order chi connectivity index (χ0) is 14.3. The van der Waals surface area contributed by atoms with Gasteiger partial charge in [-0.2, -0.15) is 0 Å². The van der Waals surface area contributed by atoms with Crippen LogP contribution in [0.15, 0.2) is 0 Å². The summed E-state index contributed by atoms with van der Waals surface area (Å²) in [5, 5.41) is 0. The Balaban J connectivity index is 1.91. The summed E-state index contributed by atoms with van der Waals surface area (Å²) in [5.74, 6) is 0.400. The van der Waals surface area contributed by atoms with Gasteiger partial charge in [0.05, 0.1) is 0 Å². The fourth-order valence-corrected chi connectivity index (χ4v) is 5.59. The number of hydrogen-bond acceptors (Lipinski definition) is 3. The second kappa shape index (κ2) is 5.32. The van der Waals surface area contributed by atoms with Crippen LogP contribution in [0, 0.1) is 5.92 Å². The van der Waals surface area contributed by atoms with Crippen LogP contribution in [0.3, 0.4) is 0 Å². The molecule has 5 atom stereocenters. The van der Waals surface area contributed by atoms with Crippen LogP contribution >= 0.6 is 0 Å². The van der Waals surface area contributed by atoms with Crippen molar-refractivity contribution in [3.8, 4) is 0 Å². The number of ether oxygens (including phenoxy) is 1. The molecule has 3 saturated heterocycles. The number of rotatable bonds is 2. The van der Waals surface area contributed by atoms with E-state index in [-0.39, 0.29) is 17.6 Å². The van der Waals surface area contributed by atoms with Crippen LogP contribution in [0.5, 0.6) is 0 Å². The van der Waals surface area contributed by atoms with Gasteiger partial charge in [-0.3, -0.25) is 9.69 Å². The molecule has 0 radical (unpaired) electrons.